The molecule has 0 atom stereocenters. The zero-order chi connectivity index (χ0) is 22.4. The van der Waals surface area contributed by atoms with Crippen LogP contribution in [0.25, 0.3) is 16.7 Å². The van der Waals surface area contributed by atoms with E-state index in [0.29, 0.717) is 33.9 Å². The molecule has 162 valence electrons. The summed E-state index contributed by atoms with van der Waals surface area (Å²) in [6.45, 7) is 2.11. The van der Waals surface area contributed by atoms with Crippen LogP contribution >= 0.6 is 0 Å². The van der Waals surface area contributed by atoms with Crippen LogP contribution in [0.5, 0.6) is 11.5 Å². The predicted octanol–water partition coefficient (Wildman–Crippen LogP) is 2.83. The van der Waals surface area contributed by atoms with Crippen LogP contribution in [0.2, 0.25) is 0 Å². The first-order valence-electron chi connectivity index (χ1n) is 9.94. The number of pyridine rings is 1. The standard InChI is InChI=1S/C23H19FN4O4/c1-13-20-21(29)17(22(30)25-10-14-3-8-18-19(9-14)32-12-31-18)11-27(2)23(20)28(26-13)16-6-4-15(24)5-7-16/h3-9,11H,10,12H2,1-2H3,(H,25,30). The fourth-order valence-corrected chi connectivity index (χ4v) is 3.81. The fourth-order valence-electron chi connectivity index (χ4n) is 3.81. The predicted molar refractivity (Wildman–Crippen MR) is 115 cm³/mol. The summed E-state index contributed by atoms with van der Waals surface area (Å²) in [6, 6.07) is 11.2. The molecule has 0 spiro atoms. The van der Waals surface area contributed by atoms with Crippen LogP contribution in [-0.4, -0.2) is 27.0 Å². The maximum absolute atomic E-state index is 13.3. The van der Waals surface area contributed by atoms with Crippen molar-refractivity contribution in [1.29, 1.82) is 0 Å². The van der Waals surface area contributed by atoms with E-state index in [4.69, 9.17) is 9.47 Å². The van der Waals surface area contributed by atoms with Crippen LogP contribution in [-0.2, 0) is 13.6 Å². The molecule has 1 aliphatic heterocycles. The van der Waals surface area contributed by atoms with Crippen LogP contribution in [0, 0.1) is 12.7 Å². The third-order valence-electron chi connectivity index (χ3n) is 5.37. The number of rotatable bonds is 4. The van der Waals surface area contributed by atoms with E-state index in [-0.39, 0.29) is 24.7 Å². The number of fused-ring (bicyclic) bond motifs is 2. The van der Waals surface area contributed by atoms with Gasteiger partial charge >= 0.3 is 0 Å². The van der Waals surface area contributed by atoms with Gasteiger partial charge in [-0.25, -0.2) is 9.07 Å². The van der Waals surface area contributed by atoms with Crippen molar-refractivity contribution in [2.75, 3.05) is 6.79 Å². The zero-order valence-electron chi connectivity index (χ0n) is 17.4. The van der Waals surface area contributed by atoms with Crippen LogP contribution in [0.1, 0.15) is 21.6 Å². The lowest BCUT2D eigenvalue weighted by molar-refractivity contribution is 0.0949. The van der Waals surface area contributed by atoms with Gasteiger partial charge in [-0.2, -0.15) is 5.10 Å². The lowest BCUT2D eigenvalue weighted by Crippen LogP contribution is -2.29. The van der Waals surface area contributed by atoms with Crippen molar-refractivity contribution in [2.45, 2.75) is 13.5 Å². The van der Waals surface area contributed by atoms with Crippen molar-refractivity contribution >= 4 is 16.9 Å². The summed E-state index contributed by atoms with van der Waals surface area (Å²) >= 11 is 0. The Labute approximate surface area is 181 Å². The highest BCUT2D eigenvalue weighted by atomic mass is 19.1. The second kappa shape index (κ2) is 7.52. The number of hydrogen-bond donors (Lipinski definition) is 1. The Balaban J connectivity index is 1.47. The van der Waals surface area contributed by atoms with E-state index in [1.807, 2.05) is 6.07 Å². The summed E-state index contributed by atoms with van der Waals surface area (Å²) in [5.41, 5.74) is 2.04. The maximum atomic E-state index is 13.3. The second-order valence-electron chi connectivity index (χ2n) is 7.53. The van der Waals surface area contributed by atoms with Gasteiger partial charge in [0.25, 0.3) is 5.91 Å². The number of nitrogens with one attached hydrogen (secondary N) is 1. The van der Waals surface area contributed by atoms with Gasteiger partial charge in [0.05, 0.1) is 16.8 Å². The molecule has 1 N–H and O–H groups in total. The monoisotopic (exact) mass is 434 g/mol. The first kappa shape index (κ1) is 19.8. The molecule has 2 aromatic heterocycles. The Morgan fingerprint density at radius 3 is 2.69 bits per heavy atom. The SMILES string of the molecule is Cc1nn(-c2ccc(F)cc2)c2c1c(=O)c(C(=O)NCc1ccc3c(c1)OCO3)cn2C. The number of hydrogen-bond acceptors (Lipinski definition) is 5. The van der Waals surface area contributed by atoms with E-state index in [1.54, 1.807) is 47.5 Å². The van der Waals surface area contributed by atoms with Crippen molar-refractivity contribution < 1.29 is 18.7 Å². The normalized spacial score (nSPS) is 12.3. The van der Waals surface area contributed by atoms with E-state index in [2.05, 4.69) is 10.4 Å². The third kappa shape index (κ3) is 3.27. The zero-order valence-corrected chi connectivity index (χ0v) is 17.4. The first-order valence-corrected chi connectivity index (χ1v) is 9.94. The summed E-state index contributed by atoms with van der Waals surface area (Å²) in [7, 11) is 1.73. The molecule has 32 heavy (non-hydrogen) atoms. The van der Waals surface area contributed by atoms with Crippen LogP contribution in [0.3, 0.4) is 0 Å². The van der Waals surface area contributed by atoms with Crippen molar-refractivity contribution in [2.24, 2.45) is 7.05 Å². The average Bonchev–Trinajstić information content (AvgIpc) is 3.39. The van der Waals surface area contributed by atoms with Gasteiger partial charge in [0.15, 0.2) is 11.5 Å². The van der Waals surface area contributed by atoms with E-state index < -0.39 is 11.3 Å². The van der Waals surface area contributed by atoms with Gasteiger partial charge in [-0.05, 0) is 48.9 Å². The van der Waals surface area contributed by atoms with Crippen molar-refractivity contribution in [3.05, 3.63) is 81.5 Å². The minimum absolute atomic E-state index is 0.0162. The molecule has 5 rings (SSSR count). The van der Waals surface area contributed by atoms with Crippen molar-refractivity contribution in [3.63, 3.8) is 0 Å². The highest BCUT2D eigenvalue weighted by molar-refractivity contribution is 5.97. The number of benzene rings is 2. The minimum Gasteiger partial charge on any atom is -0.454 e. The van der Waals surface area contributed by atoms with Gasteiger partial charge in [0, 0.05) is 19.8 Å². The third-order valence-corrected chi connectivity index (χ3v) is 5.37. The van der Waals surface area contributed by atoms with Crippen LogP contribution in [0.15, 0.2) is 53.5 Å². The molecule has 0 saturated heterocycles. The number of carbonyl (C=O) groups excluding carboxylic acids is 1. The van der Waals surface area contributed by atoms with Crippen molar-refractivity contribution in [1.82, 2.24) is 19.7 Å². The van der Waals surface area contributed by atoms with Gasteiger partial charge < -0.3 is 19.4 Å². The lowest BCUT2D eigenvalue weighted by atomic mass is 10.1. The number of ether oxygens (including phenoxy) is 2. The highest BCUT2D eigenvalue weighted by Crippen LogP contribution is 2.32. The average molecular weight is 434 g/mol. The van der Waals surface area contributed by atoms with E-state index >= 15 is 0 Å². The van der Waals surface area contributed by atoms with Gasteiger partial charge in [-0.3, -0.25) is 9.59 Å². The Hall–Kier alpha value is -4.14. The number of aryl methyl sites for hydroxylation is 2. The van der Waals surface area contributed by atoms with Gasteiger partial charge in [0.2, 0.25) is 12.2 Å². The Bertz CT molecular complexity index is 1420. The molecular formula is C23H19FN4O4. The Kier molecular flexibility index (Phi) is 4.66. The molecule has 0 bridgehead atoms. The summed E-state index contributed by atoms with van der Waals surface area (Å²) in [5, 5.41) is 7.58. The number of carbonyl (C=O) groups is 1. The number of nitrogens with zero attached hydrogens (tertiary/aromatic N) is 3. The Morgan fingerprint density at radius 1 is 1.16 bits per heavy atom. The number of amides is 1. The van der Waals surface area contributed by atoms with Crippen molar-refractivity contribution in [3.8, 4) is 17.2 Å². The maximum Gasteiger partial charge on any atom is 0.257 e. The molecule has 1 amide bonds. The molecule has 0 fully saturated rings. The fraction of sp³-hybridized carbons (Fsp3) is 0.174. The summed E-state index contributed by atoms with van der Waals surface area (Å²) < 4.78 is 27.2. The molecule has 4 aromatic rings. The summed E-state index contributed by atoms with van der Waals surface area (Å²) in [5.74, 6) is 0.433. The van der Waals surface area contributed by atoms with E-state index in [9.17, 15) is 14.0 Å². The summed E-state index contributed by atoms with van der Waals surface area (Å²) in [6.07, 6.45) is 1.49. The largest absolute Gasteiger partial charge is 0.454 e. The summed E-state index contributed by atoms with van der Waals surface area (Å²) in [4.78, 5) is 26.0. The molecule has 0 radical (unpaired) electrons. The molecule has 1 aliphatic rings. The van der Waals surface area contributed by atoms with E-state index in [0.717, 1.165) is 5.56 Å². The highest BCUT2D eigenvalue weighted by Gasteiger charge is 2.21. The molecule has 3 heterocycles. The molecule has 0 saturated carbocycles. The molecule has 0 aliphatic carbocycles. The number of halogens is 1. The minimum atomic E-state index is -0.487. The Morgan fingerprint density at radius 2 is 1.91 bits per heavy atom. The molecule has 2 aromatic carbocycles. The molecule has 8 nitrogen and oxygen atoms in total. The van der Waals surface area contributed by atoms with E-state index in [1.165, 1.54) is 18.3 Å². The smallest absolute Gasteiger partial charge is 0.257 e. The van der Waals surface area contributed by atoms with Gasteiger partial charge in [0.1, 0.15) is 17.0 Å². The van der Waals surface area contributed by atoms with Gasteiger partial charge in [-0.1, -0.05) is 6.07 Å². The topological polar surface area (TPSA) is 87.4 Å². The first-order chi connectivity index (χ1) is 15.4. The van der Waals surface area contributed by atoms with Crippen LogP contribution in [0.4, 0.5) is 4.39 Å². The van der Waals surface area contributed by atoms with Gasteiger partial charge in [-0.15, -0.1) is 0 Å². The van der Waals surface area contributed by atoms with Crippen LogP contribution < -0.4 is 20.2 Å². The molecule has 0 unspecified atom stereocenters. The lowest BCUT2D eigenvalue weighted by Gasteiger charge is -2.10. The quantitative estimate of drug-likeness (QED) is 0.534. The molecule has 9 heteroatoms. The molecular weight excluding hydrogens is 415 g/mol. The number of aromatic nitrogens is 3. The second-order valence-corrected chi connectivity index (χ2v) is 7.53.